The molecule has 2 saturated carbocycles. The van der Waals surface area contributed by atoms with Crippen LogP contribution in [0.1, 0.15) is 56.6 Å². The van der Waals surface area contributed by atoms with Crippen molar-refractivity contribution in [2.75, 3.05) is 0 Å². The van der Waals surface area contributed by atoms with E-state index in [9.17, 15) is 9.90 Å². The highest BCUT2D eigenvalue weighted by atomic mass is 16.4. The first-order valence-corrected chi connectivity index (χ1v) is 9.15. The van der Waals surface area contributed by atoms with Crippen molar-refractivity contribution >= 4 is 49.7 Å². The SMILES string of the molecule is O=C(O)C(CC1CCCC1)n1cc(CC2CC2)cn1.[B]B([B])B([B])[B]. The minimum absolute atomic E-state index is 0.476. The summed E-state index contributed by atoms with van der Waals surface area (Å²) in [5.41, 5.74) is 1.19. The fourth-order valence-corrected chi connectivity index (χ4v) is 3.19. The van der Waals surface area contributed by atoms with Gasteiger partial charge in [0.15, 0.2) is 0 Å². The van der Waals surface area contributed by atoms with E-state index in [0.717, 1.165) is 18.8 Å². The van der Waals surface area contributed by atoms with E-state index in [1.54, 1.807) is 4.68 Å². The van der Waals surface area contributed by atoms with Crippen molar-refractivity contribution in [1.29, 1.82) is 0 Å². The molecule has 8 radical (unpaired) electrons. The summed E-state index contributed by atoms with van der Waals surface area (Å²) >= 11 is 0. The maximum absolute atomic E-state index is 11.5. The van der Waals surface area contributed by atoms with E-state index in [1.165, 1.54) is 44.1 Å². The van der Waals surface area contributed by atoms with Crippen molar-refractivity contribution < 1.29 is 9.90 Å². The Morgan fingerprint density at radius 2 is 1.76 bits per heavy atom. The maximum Gasteiger partial charge on any atom is 0.328 e. The van der Waals surface area contributed by atoms with Crippen LogP contribution in [0.3, 0.4) is 0 Å². The zero-order chi connectivity index (χ0) is 18.4. The van der Waals surface area contributed by atoms with Crippen LogP contribution in [-0.4, -0.2) is 64.6 Å². The molecule has 1 unspecified atom stereocenters. The van der Waals surface area contributed by atoms with Crippen LogP contribution in [-0.2, 0) is 11.2 Å². The minimum Gasteiger partial charge on any atom is -0.480 e. The summed E-state index contributed by atoms with van der Waals surface area (Å²) in [5.74, 6) is 0.640. The first-order chi connectivity index (χ1) is 11.9. The van der Waals surface area contributed by atoms with Crippen molar-refractivity contribution in [3.63, 3.8) is 0 Å². The smallest absolute Gasteiger partial charge is 0.328 e. The van der Waals surface area contributed by atoms with Crippen LogP contribution in [0.2, 0.25) is 0 Å². The van der Waals surface area contributed by atoms with Crippen molar-refractivity contribution in [3.05, 3.63) is 18.0 Å². The third kappa shape index (κ3) is 7.07. The third-order valence-electron chi connectivity index (χ3n) is 4.96. The summed E-state index contributed by atoms with van der Waals surface area (Å²) in [7, 11) is 19.9. The van der Waals surface area contributed by atoms with E-state index < -0.39 is 24.8 Å². The molecule has 4 nitrogen and oxygen atoms in total. The second-order valence-electron chi connectivity index (χ2n) is 7.37. The van der Waals surface area contributed by atoms with E-state index in [1.807, 2.05) is 12.4 Å². The number of nitrogens with zero attached hydrogens (tertiary/aromatic N) is 2. The lowest BCUT2D eigenvalue weighted by atomic mass is 8.81. The molecule has 0 amide bonds. The molecule has 25 heavy (non-hydrogen) atoms. The number of hydrogen-bond acceptors (Lipinski definition) is 2. The van der Waals surface area contributed by atoms with Crippen molar-refractivity contribution in [2.45, 2.75) is 57.4 Å². The molecule has 1 aromatic rings. The molecule has 0 bridgehead atoms. The Bertz CT molecular complexity index is 538. The van der Waals surface area contributed by atoms with E-state index in [-0.39, 0.29) is 0 Å². The molecule has 0 aromatic carbocycles. The van der Waals surface area contributed by atoms with Crippen LogP contribution in [0.25, 0.3) is 0 Å². The fraction of sp³-hybridized carbons (Fsp3) is 0.733. The lowest BCUT2D eigenvalue weighted by Crippen LogP contribution is -2.38. The standard InChI is InChI=1S/C15H22N2O2.B6/c18-15(19)14(8-11-3-1-2-4-11)17-10-13(9-16-17)7-12-5-6-12;1-5(2)6(3)4/h9-12,14H,1-8H2,(H,18,19);. The summed E-state index contributed by atoms with van der Waals surface area (Å²) in [6.07, 6.45) is 11.9. The number of carbonyl (C=O) groups is 1. The summed E-state index contributed by atoms with van der Waals surface area (Å²) in [6, 6.07) is -0.476. The van der Waals surface area contributed by atoms with Gasteiger partial charge in [0.05, 0.1) is 6.20 Å². The lowest BCUT2D eigenvalue weighted by Gasteiger charge is -2.17. The van der Waals surface area contributed by atoms with Crippen LogP contribution in [0, 0.1) is 11.8 Å². The van der Waals surface area contributed by atoms with Crippen LogP contribution in [0.15, 0.2) is 12.4 Å². The molecule has 1 N–H and O–H groups in total. The average Bonchev–Trinajstić information content (AvgIpc) is 3.01. The van der Waals surface area contributed by atoms with Gasteiger partial charge in [0.1, 0.15) is 6.04 Å². The molecule has 0 saturated heterocycles. The van der Waals surface area contributed by atoms with Gasteiger partial charge in [-0.1, -0.05) is 25.7 Å². The predicted octanol–water partition coefficient (Wildman–Crippen LogP) is 0.757. The molecule has 2 aliphatic rings. The molecule has 2 aliphatic carbocycles. The minimum atomic E-state index is -0.743. The second-order valence-corrected chi connectivity index (χ2v) is 7.37. The highest BCUT2D eigenvalue weighted by molar-refractivity contribution is 7.76. The van der Waals surface area contributed by atoms with Crippen molar-refractivity contribution in [3.8, 4) is 0 Å². The highest BCUT2D eigenvalue weighted by Gasteiger charge is 2.28. The first-order valence-electron chi connectivity index (χ1n) is 9.15. The van der Waals surface area contributed by atoms with Crippen molar-refractivity contribution in [1.82, 2.24) is 9.78 Å². The molecule has 122 valence electrons. The van der Waals surface area contributed by atoms with E-state index in [4.69, 9.17) is 30.9 Å². The quantitative estimate of drug-likeness (QED) is 0.752. The molecular formula is C15H22B6N2O2. The molecule has 1 heterocycles. The van der Waals surface area contributed by atoms with E-state index in [2.05, 4.69) is 5.10 Å². The Morgan fingerprint density at radius 3 is 2.24 bits per heavy atom. The topological polar surface area (TPSA) is 55.1 Å². The zero-order valence-electron chi connectivity index (χ0n) is 14.8. The Kier molecular flexibility index (Phi) is 7.89. The molecule has 10 heteroatoms. The Balaban J connectivity index is 0.000000326. The second kappa shape index (κ2) is 9.68. The van der Waals surface area contributed by atoms with Gasteiger partial charge in [0.2, 0.25) is 0 Å². The molecule has 3 rings (SSSR count). The largest absolute Gasteiger partial charge is 0.480 e. The third-order valence-corrected chi connectivity index (χ3v) is 4.96. The summed E-state index contributed by atoms with van der Waals surface area (Å²) < 4.78 is 1.68. The van der Waals surface area contributed by atoms with Gasteiger partial charge in [-0.15, -0.1) is 0 Å². The van der Waals surface area contributed by atoms with Gasteiger partial charge in [-0.3, -0.25) is 4.68 Å². The first kappa shape index (κ1) is 20.4. The number of aliphatic carboxylic acids is 1. The predicted molar refractivity (Wildman–Crippen MR) is 106 cm³/mol. The van der Waals surface area contributed by atoms with Gasteiger partial charge >= 0.3 is 5.97 Å². The Labute approximate surface area is 157 Å². The Hall–Kier alpha value is -0.930. The van der Waals surface area contributed by atoms with Gasteiger partial charge in [-0.25, -0.2) is 4.79 Å². The number of aromatic nitrogens is 2. The fourth-order valence-electron chi connectivity index (χ4n) is 3.19. The molecular weight excluding hydrogens is 305 g/mol. The van der Waals surface area contributed by atoms with Gasteiger partial charge in [0, 0.05) is 49.9 Å². The summed E-state index contributed by atoms with van der Waals surface area (Å²) in [6.45, 7) is 0. The van der Waals surface area contributed by atoms with E-state index in [0.29, 0.717) is 5.92 Å². The van der Waals surface area contributed by atoms with Crippen molar-refractivity contribution in [2.24, 2.45) is 11.8 Å². The molecule has 0 spiro atoms. The monoisotopic (exact) mass is 328 g/mol. The molecule has 0 aliphatic heterocycles. The van der Waals surface area contributed by atoms with Crippen LogP contribution < -0.4 is 0 Å². The van der Waals surface area contributed by atoms with Crippen LogP contribution in [0.5, 0.6) is 0 Å². The Morgan fingerprint density at radius 1 is 1.16 bits per heavy atom. The number of rotatable bonds is 7. The van der Waals surface area contributed by atoms with Gasteiger partial charge in [-0.05, 0) is 43.1 Å². The zero-order valence-corrected chi connectivity index (χ0v) is 14.8. The molecule has 2 fully saturated rings. The summed E-state index contributed by atoms with van der Waals surface area (Å²) in [5, 5.41) is 13.7. The normalized spacial score (nSPS) is 18.2. The van der Waals surface area contributed by atoms with Gasteiger partial charge in [0.25, 0.3) is 0 Å². The number of carboxylic acids is 1. The van der Waals surface area contributed by atoms with E-state index >= 15 is 0 Å². The highest BCUT2D eigenvalue weighted by Crippen LogP contribution is 2.34. The maximum atomic E-state index is 11.5. The number of hydrogen-bond donors (Lipinski definition) is 1. The summed E-state index contributed by atoms with van der Waals surface area (Å²) in [4.78, 5) is 11.5. The van der Waals surface area contributed by atoms with Crippen LogP contribution >= 0.6 is 0 Å². The van der Waals surface area contributed by atoms with Gasteiger partial charge < -0.3 is 5.11 Å². The van der Waals surface area contributed by atoms with Gasteiger partial charge in [-0.2, -0.15) is 5.10 Å². The molecule has 1 atom stereocenters. The molecule has 1 aromatic heterocycles. The average molecular weight is 327 g/mol. The van der Waals surface area contributed by atoms with Crippen LogP contribution in [0.4, 0.5) is 0 Å². The lowest BCUT2D eigenvalue weighted by molar-refractivity contribution is -0.141. The number of carboxylic acid groups (broad SMARTS) is 1.